The standard InChI is InChI=1S/C13H16F3N3O2/c1-19(7-10(20)18-8-13(14,15)16)12(21)11(17)9-5-3-2-4-6-9/h2-6,11H,7-8,17H2,1H3,(H,18,20). The molecule has 0 bridgehead atoms. The zero-order valence-electron chi connectivity index (χ0n) is 11.4. The quantitative estimate of drug-likeness (QED) is 0.846. The molecular formula is C13H16F3N3O2. The third kappa shape index (κ3) is 5.82. The minimum absolute atomic E-state index is 0.491. The topological polar surface area (TPSA) is 75.4 Å². The zero-order valence-corrected chi connectivity index (χ0v) is 11.4. The van der Waals surface area contributed by atoms with E-state index >= 15 is 0 Å². The third-order valence-electron chi connectivity index (χ3n) is 2.67. The summed E-state index contributed by atoms with van der Waals surface area (Å²) in [5.74, 6) is -1.45. The molecule has 2 amide bonds. The van der Waals surface area contributed by atoms with Gasteiger partial charge in [0.15, 0.2) is 0 Å². The second-order valence-electron chi connectivity index (χ2n) is 4.47. The van der Waals surface area contributed by atoms with Gasteiger partial charge in [0.2, 0.25) is 11.8 Å². The molecule has 1 rings (SSSR count). The van der Waals surface area contributed by atoms with Crippen molar-refractivity contribution in [2.75, 3.05) is 20.1 Å². The number of nitrogens with two attached hydrogens (primary N) is 1. The highest BCUT2D eigenvalue weighted by atomic mass is 19.4. The Balaban J connectivity index is 2.53. The Labute approximate surface area is 119 Å². The van der Waals surface area contributed by atoms with Crippen molar-refractivity contribution in [2.45, 2.75) is 12.2 Å². The van der Waals surface area contributed by atoms with Crippen LogP contribution >= 0.6 is 0 Å². The molecule has 0 spiro atoms. The number of amides is 2. The SMILES string of the molecule is CN(CC(=O)NCC(F)(F)F)C(=O)C(N)c1ccccc1. The number of likely N-dealkylation sites (N-methyl/N-ethyl adjacent to an activating group) is 1. The van der Waals surface area contributed by atoms with E-state index < -0.39 is 37.1 Å². The van der Waals surface area contributed by atoms with Gasteiger partial charge >= 0.3 is 6.18 Å². The first-order valence-corrected chi connectivity index (χ1v) is 6.09. The number of benzene rings is 1. The second-order valence-corrected chi connectivity index (χ2v) is 4.47. The number of nitrogens with one attached hydrogen (secondary N) is 1. The molecular weight excluding hydrogens is 287 g/mol. The summed E-state index contributed by atoms with van der Waals surface area (Å²) >= 11 is 0. The third-order valence-corrected chi connectivity index (χ3v) is 2.67. The number of carbonyl (C=O) groups is 2. The lowest BCUT2D eigenvalue weighted by Gasteiger charge is -2.21. The summed E-state index contributed by atoms with van der Waals surface area (Å²) < 4.78 is 35.8. The van der Waals surface area contributed by atoms with Gasteiger partial charge in [0, 0.05) is 7.05 Å². The zero-order chi connectivity index (χ0) is 16.0. The van der Waals surface area contributed by atoms with Gasteiger partial charge in [-0.05, 0) is 5.56 Å². The predicted molar refractivity (Wildman–Crippen MR) is 70.1 cm³/mol. The Morgan fingerprint density at radius 2 is 1.86 bits per heavy atom. The van der Waals surface area contributed by atoms with E-state index in [-0.39, 0.29) is 0 Å². The van der Waals surface area contributed by atoms with Crippen LogP contribution in [0.1, 0.15) is 11.6 Å². The van der Waals surface area contributed by atoms with E-state index in [1.165, 1.54) is 7.05 Å². The first-order chi connectivity index (χ1) is 9.70. The van der Waals surface area contributed by atoms with E-state index in [1.807, 2.05) is 0 Å². The fraction of sp³-hybridized carbons (Fsp3) is 0.385. The van der Waals surface area contributed by atoms with Gasteiger partial charge in [-0.1, -0.05) is 30.3 Å². The first kappa shape index (κ1) is 17.0. The molecule has 1 atom stereocenters. The van der Waals surface area contributed by atoms with Gasteiger partial charge in [-0.2, -0.15) is 13.2 Å². The Morgan fingerprint density at radius 1 is 1.29 bits per heavy atom. The normalized spacial score (nSPS) is 12.6. The maximum atomic E-state index is 12.0. The molecule has 0 aliphatic heterocycles. The molecule has 0 radical (unpaired) electrons. The molecule has 0 heterocycles. The molecule has 1 aromatic carbocycles. The van der Waals surface area contributed by atoms with E-state index in [2.05, 4.69) is 0 Å². The summed E-state index contributed by atoms with van der Waals surface area (Å²) in [6, 6.07) is 7.51. The van der Waals surface area contributed by atoms with Crippen LogP contribution < -0.4 is 11.1 Å². The minimum Gasteiger partial charge on any atom is -0.345 e. The number of alkyl halides is 3. The molecule has 0 aliphatic rings. The molecule has 116 valence electrons. The van der Waals surface area contributed by atoms with E-state index in [0.717, 1.165) is 4.90 Å². The average molecular weight is 303 g/mol. The van der Waals surface area contributed by atoms with Crippen LogP contribution in [-0.4, -0.2) is 43.0 Å². The molecule has 1 unspecified atom stereocenters. The number of rotatable bonds is 5. The van der Waals surface area contributed by atoms with Crippen LogP contribution in [0.5, 0.6) is 0 Å². The monoisotopic (exact) mass is 303 g/mol. The van der Waals surface area contributed by atoms with Gasteiger partial charge < -0.3 is 16.0 Å². The van der Waals surface area contributed by atoms with Crippen molar-refractivity contribution >= 4 is 11.8 Å². The molecule has 21 heavy (non-hydrogen) atoms. The van der Waals surface area contributed by atoms with Crippen molar-refractivity contribution in [1.82, 2.24) is 10.2 Å². The fourth-order valence-corrected chi connectivity index (χ4v) is 1.59. The predicted octanol–water partition coefficient (Wildman–Crippen LogP) is 0.823. The van der Waals surface area contributed by atoms with Crippen LogP contribution in [0.2, 0.25) is 0 Å². The van der Waals surface area contributed by atoms with Crippen LogP contribution in [0.3, 0.4) is 0 Å². The van der Waals surface area contributed by atoms with Gasteiger partial charge in [-0.15, -0.1) is 0 Å². The summed E-state index contributed by atoms with van der Waals surface area (Å²) in [5, 5.41) is 1.69. The van der Waals surface area contributed by atoms with Crippen molar-refractivity contribution in [3.63, 3.8) is 0 Å². The summed E-state index contributed by atoms with van der Waals surface area (Å²) in [6.07, 6.45) is -4.49. The van der Waals surface area contributed by atoms with Gasteiger partial charge in [-0.3, -0.25) is 9.59 Å². The summed E-state index contributed by atoms with van der Waals surface area (Å²) in [7, 11) is 1.30. The molecule has 5 nitrogen and oxygen atoms in total. The first-order valence-electron chi connectivity index (χ1n) is 6.09. The van der Waals surface area contributed by atoms with Crippen molar-refractivity contribution in [1.29, 1.82) is 0 Å². The number of halogens is 3. The van der Waals surface area contributed by atoms with E-state index in [1.54, 1.807) is 35.6 Å². The summed E-state index contributed by atoms with van der Waals surface area (Å²) in [6.45, 7) is -1.92. The van der Waals surface area contributed by atoms with Crippen LogP contribution in [0.15, 0.2) is 30.3 Å². The molecule has 3 N–H and O–H groups in total. The van der Waals surface area contributed by atoms with Crippen molar-refractivity contribution in [3.8, 4) is 0 Å². The van der Waals surface area contributed by atoms with Crippen LogP contribution in [0, 0.1) is 0 Å². The molecule has 1 aromatic rings. The second kappa shape index (κ2) is 7.07. The highest BCUT2D eigenvalue weighted by Gasteiger charge is 2.28. The van der Waals surface area contributed by atoms with Crippen LogP contribution in [-0.2, 0) is 9.59 Å². The highest BCUT2D eigenvalue weighted by Crippen LogP contribution is 2.13. The van der Waals surface area contributed by atoms with Crippen LogP contribution in [0.25, 0.3) is 0 Å². The molecule has 0 saturated heterocycles. The van der Waals surface area contributed by atoms with E-state index in [4.69, 9.17) is 5.73 Å². The van der Waals surface area contributed by atoms with E-state index in [9.17, 15) is 22.8 Å². The van der Waals surface area contributed by atoms with Gasteiger partial charge in [0.05, 0.1) is 6.54 Å². The molecule has 8 heteroatoms. The fourth-order valence-electron chi connectivity index (χ4n) is 1.59. The number of hydrogen-bond acceptors (Lipinski definition) is 3. The van der Waals surface area contributed by atoms with Crippen molar-refractivity contribution in [2.24, 2.45) is 5.73 Å². The molecule has 0 saturated carbocycles. The largest absolute Gasteiger partial charge is 0.405 e. The lowest BCUT2D eigenvalue weighted by atomic mass is 10.1. The molecule has 0 aromatic heterocycles. The van der Waals surface area contributed by atoms with Gasteiger partial charge in [0.1, 0.15) is 12.6 Å². The van der Waals surface area contributed by atoms with Gasteiger partial charge in [0.25, 0.3) is 0 Å². The number of carbonyl (C=O) groups excluding carboxylic acids is 2. The van der Waals surface area contributed by atoms with Gasteiger partial charge in [-0.25, -0.2) is 0 Å². The minimum atomic E-state index is -4.49. The van der Waals surface area contributed by atoms with E-state index in [0.29, 0.717) is 5.56 Å². The Hall–Kier alpha value is -2.09. The Morgan fingerprint density at radius 3 is 2.38 bits per heavy atom. The molecule has 0 fully saturated rings. The molecule has 0 aliphatic carbocycles. The Bertz CT molecular complexity index is 491. The highest BCUT2D eigenvalue weighted by molar-refractivity contribution is 5.87. The lowest BCUT2D eigenvalue weighted by molar-refractivity contribution is -0.142. The van der Waals surface area contributed by atoms with Crippen molar-refractivity contribution in [3.05, 3.63) is 35.9 Å². The number of nitrogens with zero attached hydrogens (tertiary/aromatic N) is 1. The maximum Gasteiger partial charge on any atom is 0.405 e. The van der Waals surface area contributed by atoms with Crippen molar-refractivity contribution < 1.29 is 22.8 Å². The number of hydrogen-bond donors (Lipinski definition) is 2. The Kier molecular flexibility index (Phi) is 5.71. The summed E-state index contributed by atoms with van der Waals surface area (Å²) in [5.41, 5.74) is 6.32. The van der Waals surface area contributed by atoms with Crippen LogP contribution in [0.4, 0.5) is 13.2 Å². The smallest absolute Gasteiger partial charge is 0.345 e. The lowest BCUT2D eigenvalue weighted by Crippen LogP contribution is -2.44. The summed E-state index contributed by atoms with van der Waals surface area (Å²) in [4.78, 5) is 24.3. The average Bonchev–Trinajstić information content (AvgIpc) is 2.43. The maximum absolute atomic E-state index is 12.0.